The summed E-state index contributed by atoms with van der Waals surface area (Å²) in [5.74, 6) is -0.456. The molecule has 0 aromatic heterocycles. The third-order valence-electron chi connectivity index (χ3n) is 2.79. The molecule has 0 unspecified atom stereocenters. The molecule has 2 aromatic rings. The van der Waals surface area contributed by atoms with Crippen LogP contribution in [-0.4, -0.2) is 19.8 Å². The van der Waals surface area contributed by atoms with E-state index in [1.165, 1.54) is 30.3 Å². The van der Waals surface area contributed by atoms with Crippen LogP contribution in [0.25, 0.3) is 0 Å². The first-order chi connectivity index (χ1) is 9.36. The fraction of sp³-hybridized carbons (Fsp3) is 0.143. The highest BCUT2D eigenvalue weighted by molar-refractivity contribution is 7.90. The number of nitrogens with one attached hydrogen (secondary N) is 1. The lowest BCUT2D eigenvalue weighted by atomic mass is 10.2. The van der Waals surface area contributed by atoms with Crippen molar-refractivity contribution in [2.45, 2.75) is 11.4 Å². The number of rotatable bonds is 4. The van der Waals surface area contributed by atoms with Gasteiger partial charge < -0.3 is 10.4 Å². The van der Waals surface area contributed by atoms with Gasteiger partial charge in [-0.25, -0.2) is 12.8 Å². The lowest BCUT2D eigenvalue weighted by Crippen LogP contribution is -2.02. The lowest BCUT2D eigenvalue weighted by Gasteiger charge is -2.09. The van der Waals surface area contributed by atoms with E-state index in [-0.39, 0.29) is 17.2 Å². The van der Waals surface area contributed by atoms with Gasteiger partial charge in [-0.15, -0.1) is 0 Å². The molecule has 20 heavy (non-hydrogen) atoms. The molecule has 0 heterocycles. The van der Waals surface area contributed by atoms with Crippen LogP contribution in [0.4, 0.5) is 10.1 Å². The number of hydrogen-bond donors (Lipinski definition) is 2. The summed E-state index contributed by atoms with van der Waals surface area (Å²) in [4.78, 5) is 0.200. The maximum Gasteiger partial charge on any atom is 0.175 e. The second-order valence-electron chi connectivity index (χ2n) is 4.43. The monoisotopic (exact) mass is 295 g/mol. The third kappa shape index (κ3) is 3.48. The molecule has 0 aliphatic heterocycles. The molecule has 106 valence electrons. The highest BCUT2D eigenvalue weighted by atomic mass is 32.2. The van der Waals surface area contributed by atoms with E-state index in [0.717, 1.165) is 6.26 Å². The molecule has 2 aromatic carbocycles. The number of hydrogen-bond acceptors (Lipinski definition) is 4. The van der Waals surface area contributed by atoms with E-state index < -0.39 is 15.7 Å². The fourth-order valence-corrected chi connectivity index (χ4v) is 2.40. The Morgan fingerprint density at radius 1 is 1.20 bits per heavy atom. The van der Waals surface area contributed by atoms with Crippen LogP contribution < -0.4 is 5.32 Å². The maximum absolute atomic E-state index is 13.1. The average Bonchev–Trinajstić information content (AvgIpc) is 2.39. The number of anilines is 1. The van der Waals surface area contributed by atoms with Gasteiger partial charge in [0.05, 0.1) is 4.90 Å². The van der Waals surface area contributed by atoms with Gasteiger partial charge in [0.25, 0.3) is 0 Å². The first-order valence-corrected chi connectivity index (χ1v) is 7.77. The Balaban J connectivity index is 2.17. The summed E-state index contributed by atoms with van der Waals surface area (Å²) in [6, 6.07) is 9.98. The minimum atomic E-state index is -3.27. The van der Waals surface area contributed by atoms with Crippen molar-refractivity contribution in [2.75, 3.05) is 11.6 Å². The van der Waals surface area contributed by atoms with E-state index in [9.17, 15) is 17.9 Å². The van der Waals surface area contributed by atoms with Crippen LogP contribution in [0.5, 0.6) is 5.75 Å². The standard InChI is InChI=1S/C14H14FNO3S/c1-20(18,19)13-4-2-3-12(8-13)16-9-10-7-11(15)5-6-14(10)17/h2-8,16-17H,9H2,1H3. The molecule has 0 saturated heterocycles. The van der Waals surface area contributed by atoms with Crippen molar-refractivity contribution >= 4 is 15.5 Å². The van der Waals surface area contributed by atoms with E-state index >= 15 is 0 Å². The lowest BCUT2D eigenvalue weighted by molar-refractivity contribution is 0.466. The van der Waals surface area contributed by atoms with Gasteiger partial charge >= 0.3 is 0 Å². The Morgan fingerprint density at radius 3 is 2.65 bits per heavy atom. The molecular formula is C14H14FNO3S. The smallest absolute Gasteiger partial charge is 0.175 e. The summed E-state index contributed by atoms with van der Waals surface area (Å²) in [7, 11) is -3.27. The third-order valence-corrected chi connectivity index (χ3v) is 3.90. The normalized spacial score (nSPS) is 11.3. The van der Waals surface area contributed by atoms with Gasteiger partial charge in [0.15, 0.2) is 9.84 Å². The van der Waals surface area contributed by atoms with Crippen molar-refractivity contribution in [3.05, 3.63) is 53.8 Å². The molecular weight excluding hydrogens is 281 g/mol. The van der Waals surface area contributed by atoms with E-state index in [1.807, 2.05) is 0 Å². The first kappa shape index (κ1) is 14.3. The molecule has 4 nitrogen and oxygen atoms in total. The second kappa shape index (κ2) is 5.50. The van der Waals surface area contributed by atoms with Gasteiger partial charge in [0.1, 0.15) is 11.6 Å². The molecule has 2 N–H and O–H groups in total. The number of phenols is 1. The van der Waals surface area contributed by atoms with Crippen molar-refractivity contribution < 1.29 is 17.9 Å². The molecule has 0 atom stereocenters. The summed E-state index contributed by atoms with van der Waals surface area (Å²) in [5.41, 5.74) is 0.978. The minimum Gasteiger partial charge on any atom is -0.508 e. The molecule has 0 bridgehead atoms. The maximum atomic E-state index is 13.1. The predicted molar refractivity (Wildman–Crippen MR) is 74.9 cm³/mol. The summed E-state index contributed by atoms with van der Waals surface area (Å²) >= 11 is 0. The van der Waals surface area contributed by atoms with Gasteiger partial charge in [-0.1, -0.05) is 6.07 Å². The first-order valence-electron chi connectivity index (χ1n) is 5.87. The van der Waals surface area contributed by atoms with Gasteiger partial charge in [-0.3, -0.25) is 0 Å². The van der Waals surface area contributed by atoms with Gasteiger partial charge in [0, 0.05) is 24.1 Å². The van der Waals surface area contributed by atoms with Gasteiger partial charge in [-0.05, 0) is 36.4 Å². The minimum absolute atomic E-state index is 0.0156. The van der Waals surface area contributed by atoms with Gasteiger partial charge in [-0.2, -0.15) is 0 Å². The Kier molecular flexibility index (Phi) is 3.94. The number of halogens is 1. The highest BCUT2D eigenvalue weighted by Crippen LogP contribution is 2.20. The molecule has 0 radical (unpaired) electrons. The Morgan fingerprint density at radius 2 is 1.95 bits per heavy atom. The molecule has 0 aliphatic carbocycles. The van der Waals surface area contributed by atoms with Crippen molar-refractivity contribution in [1.82, 2.24) is 0 Å². The molecule has 2 rings (SSSR count). The van der Waals surface area contributed by atoms with E-state index in [0.29, 0.717) is 11.3 Å². The average molecular weight is 295 g/mol. The van der Waals surface area contributed by atoms with E-state index in [4.69, 9.17) is 0 Å². The molecule has 0 amide bonds. The van der Waals surface area contributed by atoms with Crippen LogP contribution in [0.1, 0.15) is 5.56 Å². The number of aromatic hydroxyl groups is 1. The topological polar surface area (TPSA) is 66.4 Å². The zero-order valence-electron chi connectivity index (χ0n) is 10.8. The van der Waals surface area contributed by atoms with Crippen molar-refractivity contribution in [1.29, 1.82) is 0 Å². The quantitative estimate of drug-likeness (QED) is 0.909. The molecule has 6 heteroatoms. The number of sulfone groups is 1. The van der Waals surface area contributed by atoms with Gasteiger partial charge in [0.2, 0.25) is 0 Å². The molecule has 0 saturated carbocycles. The number of phenolic OH excluding ortho intramolecular Hbond substituents is 1. The molecule has 0 spiro atoms. The Bertz CT molecular complexity index is 729. The molecule has 0 fully saturated rings. The Labute approximate surface area is 116 Å². The van der Waals surface area contributed by atoms with Crippen molar-refractivity contribution in [3.8, 4) is 5.75 Å². The SMILES string of the molecule is CS(=O)(=O)c1cccc(NCc2cc(F)ccc2O)c1. The Hall–Kier alpha value is -2.08. The van der Waals surface area contributed by atoms with E-state index in [1.54, 1.807) is 12.1 Å². The fourth-order valence-electron chi connectivity index (χ4n) is 1.73. The predicted octanol–water partition coefficient (Wildman–Crippen LogP) is 2.55. The zero-order chi connectivity index (χ0) is 14.8. The second-order valence-corrected chi connectivity index (χ2v) is 6.44. The summed E-state index contributed by atoms with van der Waals surface area (Å²) in [6.07, 6.45) is 1.13. The largest absolute Gasteiger partial charge is 0.508 e. The van der Waals surface area contributed by atoms with Crippen LogP contribution in [0.3, 0.4) is 0 Å². The zero-order valence-corrected chi connectivity index (χ0v) is 11.6. The molecule has 0 aliphatic rings. The highest BCUT2D eigenvalue weighted by Gasteiger charge is 2.08. The summed E-state index contributed by atoms with van der Waals surface area (Å²) in [6.45, 7) is 0.191. The summed E-state index contributed by atoms with van der Waals surface area (Å²) < 4.78 is 36.0. The van der Waals surface area contributed by atoms with Crippen LogP contribution in [0, 0.1) is 5.82 Å². The van der Waals surface area contributed by atoms with Crippen LogP contribution >= 0.6 is 0 Å². The summed E-state index contributed by atoms with van der Waals surface area (Å²) in [5, 5.41) is 12.5. The van der Waals surface area contributed by atoms with E-state index in [2.05, 4.69) is 5.32 Å². The van der Waals surface area contributed by atoms with Crippen molar-refractivity contribution in [3.63, 3.8) is 0 Å². The van der Waals surface area contributed by atoms with Crippen LogP contribution in [0.2, 0.25) is 0 Å². The van der Waals surface area contributed by atoms with Crippen LogP contribution in [-0.2, 0) is 16.4 Å². The van der Waals surface area contributed by atoms with Crippen molar-refractivity contribution in [2.24, 2.45) is 0 Å². The van der Waals surface area contributed by atoms with Crippen LogP contribution in [0.15, 0.2) is 47.4 Å². The number of benzene rings is 2.